The average Bonchev–Trinajstić information content (AvgIpc) is 3.43. The third-order valence-electron chi connectivity index (χ3n) is 6.00. The first kappa shape index (κ1) is 20.9. The Hall–Kier alpha value is -2.98. The van der Waals surface area contributed by atoms with Crippen molar-refractivity contribution in [1.82, 2.24) is 9.97 Å². The molecule has 168 valence electrons. The van der Waals surface area contributed by atoms with Gasteiger partial charge in [-0.1, -0.05) is 23.2 Å². The van der Waals surface area contributed by atoms with Crippen LogP contribution in [0.1, 0.15) is 30.0 Å². The van der Waals surface area contributed by atoms with Crippen molar-refractivity contribution >= 4 is 23.1 Å². The lowest BCUT2D eigenvalue weighted by molar-refractivity contribution is -0.365. The summed E-state index contributed by atoms with van der Waals surface area (Å²) in [6, 6.07) is 8.61. The summed E-state index contributed by atoms with van der Waals surface area (Å²) >= 11 is 0. The number of ether oxygens (including phenoxy) is 3. The number of fused-ring (bicyclic) bond motifs is 2. The van der Waals surface area contributed by atoms with Gasteiger partial charge in [0.05, 0.1) is 24.3 Å². The molecule has 5 rings (SSSR count). The van der Waals surface area contributed by atoms with Crippen LogP contribution < -0.4 is 9.72 Å². The number of para-hydroxylation sites is 1. The molecule has 3 aromatic rings. The van der Waals surface area contributed by atoms with Gasteiger partial charge in [-0.25, -0.2) is 4.98 Å². The quantitative estimate of drug-likeness (QED) is 0.582. The minimum absolute atomic E-state index is 0.110. The van der Waals surface area contributed by atoms with Gasteiger partial charge < -0.3 is 19.2 Å². The van der Waals surface area contributed by atoms with Crippen molar-refractivity contribution in [2.45, 2.75) is 36.6 Å². The molecule has 0 radical (unpaired) electrons. The Kier molecular flexibility index (Phi) is 5.13. The first-order chi connectivity index (χ1) is 15.4. The zero-order chi connectivity index (χ0) is 22.3. The van der Waals surface area contributed by atoms with Gasteiger partial charge in [-0.2, -0.15) is 13.2 Å². The van der Waals surface area contributed by atoms with Gasteiger partial charge in [0, 0.05) is 12.7 Å². The summed E-state index contributed by atoms with van der Waals surface area (Å²) in [5, 5.41) is 0.255. The Bertz CT molecular complexity index is 1160. The number of aromatic nitrogens is 3. The Morgan fingerprint density at radius 1 is 1.34 bits per heavy atom. The van der Waals surface area contributed by atoms with E-state index in [1.165, 1.54) is 6.33 Å². The van der Waals surface area contributed by atoms with Crippen molar-refractivity contribution in [3.05, 3.63) is 47.9 Å². The largest absolute Gasteiger partial charge is 0.491 e. The smallest absolute Gasteiger partial charge is 0.431 e. The van der Waals surface area contributed by atoms with E-state index in [1.54, 1.807) is 13.3 Å². The predicted molar refractivity (Wildman–Crippen MR) is 109 cm³/mol. The van der Waals surface area contributed by atoms with E-state index >= 15 is 0 Å². The maximum absolute atomic E-state index is 13.1. The summed E-state index contributed by atoms with van der Waals surface area (Å²) in [5.74, 6) is 0.770. The normalized spacial score (nSPS) is 22.1. The predicted octanol–water partition coefficient (Wildman–Crippen LogP) is 3.84. The van der Waals surface area contributed by atoms with Crippen molar-refractivity contribution in [2.24, 2.45) is 4.99 Å². The first-order valence-corrected chi connectivity index (χ1v) is 10.3. The van der Waals surface area contributed by atoms with Crippen LogP contribution in [-0.2, 0) is 15.7 Å². The standard InChI is InChI=1S/C22H21F3N4O3/c1-30-21(6-7-21)11-32-17-10-31-16-5-3-2-4-13(16)15(17)9-26-19-14-8-18(22(23,24)25)29-20(14)28-12-27-19/h2-5,8-9,12,15,17H,6-7,10-11H2,1H3,(H,27,28,29)/p+1/b26-9-. The van der Waals surface area contributed by atoms with Crippen molar-refractivity contribution in [1.29, 1.82) is 0 Å². The number of nitrogens with one attached hydrogen (secondary N) is 2. The molecule has 0 amide bonds. The van der Waals surface area contributed by atoms with E-state index in [9.17, 15) is 13.2 Å². The number of aromatic amines is 2. The average molecular weight is 447 g/mol. The van der Waals surface area contributed by atoms with E-state index < -0.39 is 11.9 Å². The van der Waals surface area contributed by atoms with Crippen molar-refractivity contribution in [3.8, 4) is 5.75 Å². The third kappa shape index (κ3) is 3.95. The fourth-order valence-electron chi connectivity index (χ4n) is 3.87. The van der Waals surface area contributed by atoms with E-state index in [-0.39, 0.29) is 34.5 Å². The molecular weight excluding hydrogens is 425 g/mol. The molecule has 10 heteroatoms. The van der Waals surface area contributed by atoms with Crippen LogP contribution in [0.15, 0.2) is 41.7 Å². The maximum atomic E-state index is 13.1. The number of rotatable bonds is 6. The first-order valence-electron chi connectivity index (χ1n) is 10.3. The molecule has 0 bridgehead atoms. The van der Waals surface area contributed by atoms with Crippen LogP contribution in [0, 0.1) is 0 Å². The molecule has 0 saturated heterocycles. The van der Waals surface area contributed by atoms with Gasteiger partial charge in [-0.05, 0) is 25.0 Å². The van der Waals surface area contributed by atoms with E-state index in [2.05, 4.69) is 19.9 Å². The second-order valence-corrected chi connectivity index (χ2v) is 8.08. The van der Waals surface area contributed by atoms with Crippen LogP contribution in [0.3, 0.4) is 0 Å². The summed E-state index contributed by atoms with van der Waals surface area (Å²) in [5.41, 5.74) is -0.0877. The van der Waals surface area contributed by atoms with Crippen molar-refractivity contribution < 1.29 is 32.4 Å². The molecule has 3 heterocycles. The van der Waals surface area contributed by atoms with Gasteiger partial charge in [-0.15, -0.1) is 4.99 Å². The summed E-state index contributed by atoms with van der Waals surface area (Å²) in [6.07, 6.45) is 0.101. The molecule has 32 heavy (non-hydrogen) atoms. The lowest BCUT2D eigenvalue weighted by atomic mass is 9.91. The molecule has 1 aliphatic heterocycles. The number of hydrogen-bond donors (Lipinski definition) is 1. The molecule has 0 spiro atoms. The molecule has 2 N–H and O–H groups in total. The molecule has 1 fully saturated rings. The fourth-order valence-corrected chi connectivity index (χ4v) is 3.87. The van der Waals surface area contributed by atoms with Gasteiger partial charge in [0.25, 0.3) is 5.82 Å². The maximum Gasteiger partial charge on any atom is 0.431 e. The Labute approximate surface area is 181 Å². The Morgan fingerprint density at radius 3 is 2.91 bits per heavy atom. The molecule has 2 aliphatic rings. The van der Waals surface area contributed by atoms with Crippen LogP contribution in [0.2, 0.25) is 0 Å². The Balaban J connectivity index is 1.46. The number of H-pyrrole nitrogens is 2. The van der Waals surface area contributed by atoms with Crippen LogP contribution in [0.5, 0.6) is 5.75 Å². The minimum Gasteiger partial charge on any atom is -0.491 e. The zero-order valence-corrected chi connectivity index (χ0v) is 17.3. The lowest BCUT2D eigenvalue weighted by Crippen LogP contribution is -2.37. The number of benzene rings is 1. The molecule has 2 atom stereocenters. The highest BCUT2D eigenvalue weighted by molar-refractivity contribution is 5.87. The number of hydrogen-bond acceptors (Lipinski definition) is 5. The molecule has 2 aromatic heterocycles. The number of aliphatic imine (C=N–C) groups is 1. The van der Waals surface area contributed by atoms with Gasteiger partial charge in [0.2, 0.25) is 12.0 Å². The molecule has 1 aliphatic carbocycles. The number of nitrogens with zero attached hydrogens (tertiary/aromatic N) is 2. The molecular formula is C22H22F3N4O3+. The van der Waals surface area contributed by atoms with Crippen LogP contribution in [0.25, 0.3) is 11.0 Å². The monoisotopic (exact) mass is 447 g/mol. The third-order valence-corrected chi connectivity index (χ3v) is 6.00. The molecule has 1 saturated carbocycles. The van der Waals surface area contributed by atoms with Gasteiger partial charge in [0.15, 0.2) is 0 Å². The van der Waals surface area contributed by atoms with Crippen LogP contribution in [0.4, 0.5) is 19.0 Å². The SMILES string of the molecule is COC1(COC2COc3ccccc3C2/C=N\c2[nH+]cnc3[nH]c(C(F)(F)F)cc23)CC1. The lowest BCUT2D eigenvalue weighted by Gasteiger charge is -2.31. The van der Waals surface area contributed by atoms with Crippen molar-refractivity contribution in [3.63, 3.8) is 0 Å². The summed E-state index contributed by atoms with van der Waals surface area (Å²) in [7, 11) is 1.68. The highest BCUT2D eigenvalue weighted by Gasteiger charge is 2.45. The van der Waals surface area contributed by atoms with E-state index in [0.717, 1.165) is 30.2 Å². The molecule has 2 unspecified atom stereocenters. The zero-order valence-electron chi connectivity index (χ0n) is 17.3. The van der Waals surface area contributed by atoms with E-state index in [0.29, 0.717) is 13.2 Å². The Morgan fingerprint density at radius 2 is 2.16 bits per heavy atom. The summed E-state index contributed by atoms with van der Waals surface area (Å²) < 4.78 is 56.9. The number of methoxy groups -OCH3 is 1. The van der Waals surface area contributed by atoms with E-state index in [4.69, 9.17) is 14.2 Å². The van der Waals surface area contributed by atoms with E-state index in [1.807, 2.05) is 24.3 Å². The molecule has 7 nitrogen and oxygen atoms in total. The molecule has 1 aromatic carbocycles. The van der Waals surface area contributed by atoms with Gasteiger partial charge >= 0.3 is 6.18 Å². The second-order valence-electron chi connectivity index (χ2n) is 8.08. The van der Waals surface area contributed by atoms with Gasteiger partial charge in [0.1, 0.15) is 29.5 Å². The number of alkyl halides is 3. The van der Waals surface area contributed by atoms with Crippen LogP contribution in [-0.4, -0.2) is 48.2 Å². The number of halogens is 3. The van der Waals surface area contributed by atoms with Crippen LogP contribution >= 0.6 is 0 Å². The highest BCUT2D eigenvalue weighted by atomic mass is 19.4. The topological polar surface area (TPSA) is 82.9 Å². The highest BCUT2D eigenvalue weighted by Crippen LogP contribution is 2.41. The van der Waals surface area contributed by atoms with Gasteiger partial charge in [-0.3, -0.25) is 0 Å². The second kappa shape index (κ2) is 7.86. The summed E-state index contributed by atoms with van der Waals surface area (Å²) in [6.45, 7) is 0.785. The summed E-state index contributed by atoms with van der Waals surface area (Å²) in [4.78, 5) is 13.6. The minimum atomic E-state index is -4.50. The fraction of sp³-hybridized carbons (Fsp3) is 0.409. The van der Waals surface area contributed by atoms with Crippen molar-refractivity contribution in [2.75, 3.05) is 20.3 Å².